The van der Waals surface area contributed by atoms with E-state index in [9.17, 15) is 9.90 Å². The van der Waals surface area contributed by atoms with E-state index in [4.69, 9.17) is 0 Å². The van der Waals surface area contributed by atoms with E-state index in [2.05, 4.69) is 4.98 Å². The van der Waals surface area contributed by atoms with Gasteiger partial charge in [-0.25, -0.2) is 4.57 Å². The molecule has 2 aromatic heterocycles. The van der Waals surface area contributed by atoms with E-state index in [1.54, 1.807) is 17.0 Å². The van der Waals surface area contributed by atoms with Gasteiger partial charge in [0.25, 0.3) is 5.56 Å². The van der Waals surface area contributed by atoms with Crippen molar-refractivity contribution in [1.29, 1.82) is 0 Å². The first-order valence-corrected chi connectivity index (χ1v) is 5.43. The fourth-order valence-corrected chi connectivity index (χ4v) is 1.51. The van der Waals surface area contributed by atoms with Crippen molar-refractivity contribution in [2.75, 3.05) is 19.0 Å². The van der Waals surface area contributed by atoms with Gasteiger partial charge in [0.15, 0.2) is 6.01 Å². The molecule has 0 spiro atoms. The van der Waals surface area contributed by atoms with Gasteiger partial charge >= 0.3 is 5.82 Å². The highest BCUT2D eigenvalue weighted by Crippen LogP contribution is 2.07. The Labute approximate surface area is 104 Å². The fourth-order valence-electron chi connectivity index (χ4n) is 1.51. The van der Waals surface area contributed by atoms with Crippen LogP contribution in [0.1, 0.15) is 0 Å². The number of rotatable bonds is 2. The number of hydrogen-bond donors (Lipinski definition) is 0. The number of aromatic nitrogens is 3. The number of anilines is 1. The lowest BCUT2D eigenvalue weighted by molar-refractivity contribution is -0.600. The lowest BCUT2D eigenvalue weighted by Gasteiger charge is -2.11. The zero-order chi connectivity index (χ0) is 13.3. The second-order valence-corrected chi connectivity index (χ2v) is 4.15. The van der Waals surface area contributed by atoms with Crippen LogP contribution < -0.4 is 20.1 Å². The summed E-state index contributed by atoms with van der Waals surface area (Å²) in [5.41, 5.74) is 0.659. The Hall–Kier alpha value is -2.37. The molecule has 0 unspecified atom stereocenters. The molecule has 0 aliphatic rings. The predicted octanol–water partition coefficient (Wildman–Crippen LogP) is -0.803. The van der Waals surface area contributed by atoms with E-state index >= 15 is 0 Å². The van der Waals surface area contributed by atoms with Gasteiger partial charge in [-0.05, 0) is 4.98 Å². The molecule has 0 fully saturated rings. The Balaban J connectivity index is 2.46. The lowest BCUT2D eigenvalue weighted by atomic mass is 10.4. The molecule has 2 rings (SSSR count). The van der Waals surface area contributed by atoms with E-state index in [0.717, 1.165) is 10.3 Å². The third-order valence-corrected chi connectivity index (χ3v) is 2.67. The predicted molar refractivity (Wildman–Crippen MR) is 64.8 cm³/mol. The first kappa shape index (κ1) is 12.1. The minimum Gasteiger partial charge on any atom is -0.825 e. The van der Waals surface area contributed by atoms with Gasteiger partial charge < -0.3 is 10.0 Å². The Kier molecular flexibility index (Phi) is 3.01. The minimum absolute atomic E-state index is 0.327. The summed E-state index contributed by atoms with van der Waals surface area (Å²) in [5, 5.41) is 11.4. The van der Waals surface area contributed by atoms with E-state index in [1.807, 2.05) is 31.1 Å². The van der Waals surface area contributed by atoms with E-state index in [0.29, 0.717) is 5.82 Å². The Morgan fingerprint density at radius 2 is 1.94 bits per heavy atom. The average Bonchev–Trinajstić information content (AvgIpc) is 2.35. The van der Waals surface area contributed by atoms with Gasteiger partial charge in [0.2, 0.25) is 0 Å². The molecule has 18 heavy (non-hydrogen) atoms. The van der Waals surface area contributed by atoms with E-state index < -0.39 is 6.01 Å². The molecule has 0 saturated heterocycles. The number of nitrogens with zero attached hydrogens (tertiary/aromatic N) is 4. The first-order valence-electron chi connectivity index (χ1n) is 5.43. The highest BCUT2D eigenvalue weighted by Gasteiger charge is 2.10. The zero-order valence-corrected chi connectivity index (χ0v) is 10.5. The van der Waals surface area contributed by atoms with Gasteiger partial charge in [0.1, 0.15) is 0 Å². The minimum atomic E-state index is -0.554. The van der Waals surface area contributed by atoms with Crippen molar-refractivity contribution >= 4 is 5.69 Å². The topological polar surface area (TPSA) is 65.1 Å². The molecule has 0 saturated carbocycles. The van der Waals surface area contributed by atoms with Crippen LogP contribution in [0.15, 0.2) is 35.4 Å². The van der Waals surface area contributed by atoms with Crippen LogP contribution in [0.25, 0.3) is 5.82 Å². The third kappa shape index (κ3) is 2.17. The molecule has 0 N–H and O–H groups in total. The molecule has 0 bridgehead atoms. The second kappa shape index (κ2) is 4.48. The van der Waals surface area contributed by atoms with Crippen LogP contribution in [0.5, 0.6) is 6.01 Å². The van der Waals surface area contributed by atoms with Crippen molar-refractivity contribution in [2.24, 2.45) is 7.05 Å². The van der Waals surface area contributed by atoms with Crippen molar-refractivity contribution in [3.8, 4) is 11.8 Å². The lowest BCUT2D eigenvalue weighted by Crippen LogP contribution is -2.35. The van der Waals surface area contributed by atoms with Crippen LogP contribution in [-0.4, -0.2) is 23.6 Å². The molecular weight excluding hydrogens is 232 g/mol. The van der Waals surface area contributed by atoms with Crippen LogP contribution in [0.4, 0.5) is 5.69 Å². The van der Waals surface area contributed by atoms with E-state index in [1.165, 1.54) is 13.1 Å². The average molecular weight is 246 g/mol. The summed E-state index contributed by atoms with van der Waals surface area (Å²) in [7, 11) is 5.28. The van der Waals surface area contributed by atoms with Gasteiger partial charge in [0, 0.05) is 39.0 Å². The Bertz CT molecular complexity index is 617. The third-order valence-electron chi connectivity index (χ3n) is 2.67. The van der Waals surface area contributed by atoms with Crippen LogP contribution in [0, 0.1) is 0 Å². The smallest absolute Gasteiger partial charge is 0.334 e. The van der Waals surface area contributed by atoms with Gasteiger partial charge in [-0.15, -0.1) is 0 Å². The maximum Gasteiger partial charge on any atom is 0.334 e. The maximum atomic E-state index is 11.5. The quantitative estimate of drug-likeness (QED) is 0.651. The highest BCUT2D eigenvalue weighted by molar-refractivity contribution is 5.41. The molecule has 0 aromatic carbocycles. The van der Waals surface area contributed by atoms with Crippen molar-refractivity contribution in [2.45, 2.75) is 0 Å². The SMILES string of the molecule is CN(C)c1cc[n+](-c2cc(=O)n(C)c([O-])n2)cc1. The highest BCUT2D eigenvalue weighted by atomic mass is 16.3. The van der Waals surface area contributed by atoms with Gasteiger partial charge in [0.05, 0.1) is 18.5 Å². The van der Waals surface area contributed by atoms with Gasteiger partial charge in [-0.1, -0.05) is 0 Å². The van der Waals surface area contributed by atoms with Crippen molar-refractivity contribution in [1.82, 2.24) is 9.55 Å². The summed E-state index contributed by atoms with van der Waals surface area (Å²) in [6.45, 7) is 0. The van der Waals surface area contributed by atoms with Crippen LogP contribution in [0.3, 0.4) is 0 Å². The van der Waals surface area contributed by atoms with Crippen LogP contribution in [0.2, 0.25) is 0 Å². The normalized spacial score (nSPS) is 10.4. The fraction of sp³-hybridized carbons (Fsp3) is 0.250. The first-order chi connectivity index (χ1) is 8.49. The summed E-state index contributed by atoms with van der Waals surface area (Å²) in [4.78, 5) is 17.3. The summed E-state index contributed by atoms with van der Waals surface area (Å²) >= 11 is 0. The molecule has 6 heteroatoms. The standard InChI is InChI=1S/C12H14N4O2/c1-14(2)9-4-6-16(7-5-9)10-8-11(17)15(3)12(18)13-10/h4-8H,1-3H3. The van der Waals surface area contributed by atoms with Crippen LogP contribution in [-0.2, 0) is 7.05 Å². The summed E-state index contributed by atoms with van der Waals surface area (Å²) < 4.78 is 2.61. The molecule has 0 radical (unpaired) electrons. The molecule has 2 aromatic rings. The summed E-state index contributed by atoms with van der Waals surface area (Å²) in [6.07, 6.45) is 3.52. The molecule has 94 valence electrons. The number of pyridine rings is 1. The molecule has 0 aliphatic carbocycles. The number of hydrogen-bond acceptors (Lipinski definition) is 4. The van der Waals surface area contributed by atoms with Gasteiger partial charge in [-0.2, -0.15) is 0 Å². The zero-order valence-electron chi connectivity index (χ0n) is 10.5. The molecule has 2 heterocycles. The van der Waals surface area contributed by atoms with Crippen molar-refractivity contribution < 1.29 is 9.67 Å². The summed E-state index contributed by atoms with van der Waals surface area (Å²) in [6, 6.07) is 4.53. The molecule has 0 amide bonds. The summed E-state index contributed by atoms with van der Waals surface area (Å²) in [5.74, 6) is 0.327. The van der Waals surface area contributed by atoms with Crippen molar-refractivity contribution in [3.63, 3.8) is 0 Å². The second-order valence-electron chi connectivity index (χ2n) is 4.15. The molecule has 0 aliphatic heterocycles. The molecular formula is C12H14N4O2. The van der Waals surface area contributed by atoms with Crippen LogP contribution >= 0.6 is 0 Å². The molecule has 6 nitrogen and oxygen atoms in total. The molecule has 0 atom stereocenters. The monoisotopic (exact) mass is 246 g/mol. The van der Waals surface area contributed by atoms with Crippen molar-refractivity contribution in [3.05, 3.63) is 40.9 Å². The Morgan fingerprint density at radius 1 is 1.33 bits per heavy atom. The Morgan fingerprint density at radius 3 is 2.44 bits per heavy atom. The largest absolute Gasteiger partial charge is 0.825 e. The van der Waals surface area contributed by atoms with Gasteiger partial charge in [-0.3, -0.25) is 9.36 Å². The van der Waals surface area contributed by atoms with E-state index in [-0.39, 0.29) is 5.56 Å². The maximum absolute atomic E-state index is 11.5.